The summed E-state index contributed by atoms with van der Waals surface area (Å²) >= 11 is 1.41. The molecule has 0 unspecified atom stereocenters. The Balaban J connectivity index is 1.95. The van der Waals surface area contributed by atoms with Crippen LogP contribution in [0.25, 0.3) is 21.0 Å². The predicted octanol–water partition coefficient (Wildman–Crippen LogP) is 3.32. The van der Waals surface area contributed by atoms with Gasteiger partial charge in [0.1, 0.15) is 11.3 Å². The number of aromatic nitrogens is 2. The lowest BCUT2D eigenvalue weighted by Crippen LogP contribution is -2.07. The fraction of sp³-hybridized carbons (Fsp3) is 0.353. The van der Waals surface area contributed by atoms with E-state index in [1.165, 1.54) is 11.3 Å². The number of nitrogens with zero attached hydrogens (tertiary/aromatic N) is 2. The molecule has 0 saturated carbocycles. The summed E-state index contributed by atoms with van der Waals surface area (Å²) in [5.74, 6) is 0.286. The highest BCUT2D eigenvalue weighted by atomic mass is 32.1. The Kier molecular flexibility index (Phi) is 4.53. The SMILES string of the molecule is CCOC(=O)CCC(=O)c1cc2c(cc(OC)c3nn(C)cc32)s1. The Hall–Kier alpha value is -2.41. The topological polar surface area (TPSA) is 70.4 Å². The number of carbonyl (C=O) groups excluding carboxylic acids is 2. The van der Waals surface area contributed by atoms with Gasteiger partial charge in [-0.3, -0.25) is 14.3 Å². The Morgan fingerprint density at radius 3 is 2.75 bits per heavy atom. The van der Waals surface area contributed by atoms with Crippen molar-refractivity contribution in [3.63, 3.8) is 0 Å². The zero-order chi connectivity index (χ0) is 17.3. The van der Waals surface area contributed by atoms with Gasteiger partial charge in [0.2, 0.25) is 0 Å². The summed E-state index contributed by atoms with van der Waals surface area (Å²) in [6, 6.07) is 3.77. The number of methoxy groups -OCH3 is 1. The van der Waals surface area contributed by atoms with Gasteiger partial charge in [0.25, 0.3) is 0 Å². The quantitative estimate of drug-likeness (QED) is 0.506. The molecule has 0 amide bonds. The Morgan fingerprint density at radius 2 is 2.04 bits per heavy atom. The van der Waals surface area contributed by atoms with Gasteiger partial charge in [0.05, 0.1) is 25.0 Å². The molecule has 2 aromatic heterocycles. The molecule has 1 aromatic carbocycles. The van der Waals surface area contributed by atoms with Crippen molar-refractivity contribution in [2.45, 2.75) is 19.8 Å². The van der Waals surface area contributed by atoms with Crippen LogP contribution in [0.1, 0.15) is 29.4 Å². The average Bonchev–Trinajstić information content (AvgIpc) is 3.14. The number of rotatable bonds is 6. The number of ketones is 1. The van der Waals surface area contributed by atoms with E-state index in [0.717, 1.165) is 21.0 Å². The molecular formula is C17H18N2O4S. The molecule has 0 radical (unpaired) electrons. The van der Waals surface area contributed by atoms with Gasteiger partial charge >= 0.3 is 5.97 Å². The highest BCUT2D eigenvalue weighted by molar-refractivity contribution is 7.21. The maximum Gasteiger partial charge on any atom is 0.306 e. The third-order valence-corrected chi connectivity index (χ3v) is 4.85. The van der Waals surface area contributed by atoms with E-state index in [2.05, 4.69) is 5.10 Å². The lowest BCUT2D eigenvalue weighted by Gasteiger charge is -2.00. The molecule has 0 saturated heterocycles. The fourth-order valence-electron chi connectivity index (χ4n) is 2.64. The minimum Gasteiger partial charge on any atom is -0.494 e. The number of fused-ring (bicyclic) bond motifs is 3. The Labute approximate surface area is 143 Å². The molecule has 0 aliphatic rings. The van der Waals surface area contributed by atoms with Crippen LogP contribution in [-0.4, -0.2) is 35.2 Å². The van der Waals surface area contributed by atoms with Crippen molar-refractivity contribution < 1.29 is 19.1 Å². The fourth-order valence-corrected chi connectivity index (χ4v) is 3.72. The van der Waals surface area contributed by atoms with Crippen LogP contribution in [0.2, 0.25) is 0 Å². The van der Waals surface area contributed by atoms with Gasteiger partial charge < -0.3 is 9.47 Å². The third kappa shape index (κ3) is 2.99. The molecule has 7 heteroatoms. The zero-order valence-corrected chi connectivity index (χ0v) is 14.6. The van der Waals surface area contributed by atoms with Crippen molar-refractivity contribution in [2.24, 2.45) is 7.05 Å². The van der Waals surface area contributed by atoms with Gasteiger partial charge in [-0.1, -0.05) is 0 Å². The van der Waals surface area contributed by atoms with E-state index in [1.54, 1.807) is 18.7 Å². The maximum atomic E-state index is 12.4. The van der Waals surface area contributed by atoms with Crippen LogP contribution in [-0.2, 0) is 16.6 Å². The summed E-state index contributed by atoms with van der Waals surface area (Å²) in [5, 5.41) is 6.35. The summed E-state index contributed by atoms with van der Waals surface area (Å²) in [5.41, 5.74) is 0.774. The number of aryl methyl sites for hydroxylation is 1. The highest BCUT2D eigenvalue weighted by Crippen LogP contribution is 2.37. The maximum absolute atomic E-state index is 12.4. The Morgan fingerprint density at radius 1 is 1.25 bits per heavy atom. The van der Waals surface area contributed by atoms with Crippen molar-refractivity contribution in [3.8, 4) is 5.75 Å². The molecule has 6 nitrogen and oxygen atoms in total. The first-order valence-corrected chi connectivity index (χ1v) is 8.47. The van der Waals surface area contributed by atoms with Crippen LogP contribution < -0.4 is 4.74 Å². The van der Waals surface area contributed by atoms with Gasteiger partial charge in [0.15, 0.2) is 5.78 Å². The standard InChI is InChI=1S/C17H18N2O4S/c1-4-23-16(21)6-5-12(20)15-7-10-11-9-19(2)18-17(11)13(22-3)8-14(10)24-15/h7-9H,4-6H2,1-3H3. The number of carbonyl (C=O) groups is 2. The van der Waals surface area contributed by atoms with Crippen molar-refractivity contribution in [1.29, 1.82) is 0 Å². The molecule has 126 valence electrons. The van der Waals surface area contributed by atoms with Crippen molar-refractivity contribution in [3.05, 3.63) is 23.2 Å². The second-order valence-electron chi connectivity index (χ2n) is 5.39. The van der Waals surface area contributed by atoms with Gasteiger partial charge in [-0.2, -0.15) is 5.10 Å². The molecule has 0 fully saturated rings. The van der Waals surface area contributed by atoms with E-state index in [0.29, 0.717) is 17.2 Å². The van der Waals surface area contributed by atoms with E-state index in [4.69, 9.17) is 9.47 Å². The number of esters is 1. The monoisotopic (exact) mass is 346 g/mol. The molecule has 2 heterocycles. The lowest BCUT2D eigenvalue weighted by atomic mass is 10.1. The molecule has 0 N–H and O–H groups in total. The van der Waals surface area contributed by atoms with E-state index in [9.17, 15) is 9.59 Å². The minimum atomic E-state index is -0.344. The highest BCUT2D eigenvalue weighted by Gasteiger charge is 2.17. The number of hydrogen-bond acceptors (Lipinski definition) is 6. The minimum absolute atomic E-state index is 0.0553. The summed E-state index contributed by atoms with van der Waals surface area (Å²) in [6.07, 6.45) is 2.17. The van der Waals surface area contributed by atoms with Crippen LogP contribution in [0.5, 0.6) is 5.75 Å². The second-order valence-corrected chi connectivity index (χ2v) is 6.48. The van der Waals surface area contributed by atoms with Crippen LogP contribution >= 0.6 is 11.3 Å². The normalized spacial score (nSPS) is 11.1. The van der Waals surface area contributed by atoms with Crippen molar-refractivity contribution >= 4 is 44.1 Å². The van der Waals surface area contributed by atoms with E-state index >= 15 is 0 Å². The molecule has 0 aliphatic heterocycles. The average molecular weight is 346 g/mol. The first-order valence-electron chi connectivity index (χ1n) is 7.66. The van der Waals surface area contributed by atoms with Crippen LogP contribution in [0.4, 0.5) is 0 Å². The number of Topliss-reactive ketones (excluding diaryl/α,β-unsaturated/α-hetero) is 1. The molecule has 0 bridgehead atoms. The molecule has 24 heavy (non-hydrogen) atoms. The van der Waals surface area contributed by atoms with Gasteiger partial charge in [-0.05, 0) is 13.0 Å². The van der Waals surface area contributed by atoms with Crippen molar-refractivity contribution in [1.82, 2.24) is 9.78 Å². The molecule has 3 rings (SSSR count). The molecule has 3 aromatic rings. The van der Waals surface area contributed by atoms with Gasteiger partial charge in [-0.15, -0.1) is 11.3 Å². The smallest absolute Gasteiger partial charge is 0.306 e. The Bertz CT molecular complexity index is 926. The summed E-state index contributed by atoms with van der Waals surface area (Å²) in [6.45, 7) is 2.08. The van der Waals surface area contributed by atoms with Gasteiger partial charge in [-0.25, -0.2) is 0 Å². The summed E-state index contributed by atoms with van der Waals surface area (Å²) in [4.78, 5) is 24.4. The van der Waals surface area contributed by atoms with E-state index in [-0.39, 0.29) is 24.6 Å². The van der Waals surface area contributed by atoms with Gasteiger partial charge in [0, 0.05) is 41.2 Å². The lowest BCUT2D eigenvalue weighted by molar-refractivity contribution is -0.143. The van der Waals surface area contributed by atoms with Crippen LogP contribution in [0, 0.1) is 0 Å². The summed E-state index contributed by atoms with van der Waals surface area (Å²) in [7, 11) is 3.46. The number of thiophene rings is 1. The number of hydrogen-bond donors (Lipinski definition) is 0. The second kappa shape index (κ2) is 6.60. The van der Waals surface area contributed by atoms with E-state index < -0.39 is 0 Å². The van der Waals surface area contributed by atoms with Crippen LogP contribution in [0.3, 0.4) is 0 Å². The first kappa shape index (κ1) is 16.4. The van der Waals surface area contributed by atoms with E-state index in [1.807, 2.05) is 25.4 Å². The number of benzene rings is 1. The van der Waals surface area contributed by atoms with Crippen molar-refractivity contribution in [2.75, 3.05) is 13.7 Å². The zero-order valence-electron chi connectivity index (χ0n) is 13.8. The van der Waals surface area contributed by atoms with Crippen LogP contribution in [0.15, 0.2) is 18.3 Å². The molecular weight excluding hydrogens is 328 g/mol. The molecule has 0 aliphatic carbocycles. The largest absolute Gasteiger partial charge is 0.494 e. The predicted molar refractivity (Wildman–Crippen MR) is 92.8 cm³/mol. The summed E-state index contributed by atoms with van der Waals surface area (Å²) < 4.78 is 13.0. The molecule has 0 atom stereocenters. The third-order valence-electron chi connectivity index (χ3n) is 3.73. The number of ether oxygens (including phenoxy) is 2. The first-order chi connectivity index (χ1) is 11.5. The molecule has 0 spiro atoms.